The van der Waals surface area contributed by atoms with Crippen molar-refractivity contribution in [1.82, 2.24) is 9.55 Å². The van der Waals surface area contributed by atoms with Crippen LogP contribution in [0, 0.1) is 5.82 Å². The van der Waals surface area contributed by atoms with Gasteiger partial charge >= 0.3 is 0 Å². The number of aromatic nitrogens is 2. The number of carbonyl (C=O) groups is 1. The van der Waals surface area contributed by atoms with Crippen LogP contribution in [0.3, 0.4) is 0 Å². The fraction of sp³-hybridized carbons (Fsp3) is 0.0526. The topological polar surface area (TPSA) is 46.9 Å². The van der Waals surface area contributed by atoms with Gasteiger partial charge in [-0.3, -0.25) is 4.79 Å². The first-order valence-corrected chi connectivity index (χ1v) is 8.57. The molecule has 0 atom stereocenters. The van der Waals surface area contributed by atoms with Crippen LogP contribution in [0.5, 0.6) is 0 Å². The highest BCUT2D eigenvalue weighted by Gasteiger charge is 2.15. The van der Waals surface area contributed by atoms with Crippen molar-refractivity contribution < 1.29 is 9.18 Å². The van der Waals surface area contributed by atoms with Crippen molar-refractivity contribution in [2.45, 2.75) is 0 Å². The minimum atomic E-state index is -0.343. The number of rotatable bonds is 3. The van der Waals surface area contributed by atoms with E-state index < -0.39 is 0 Å². The lowest BCUT2D eigenvalue weighted by Gasteiger charge is -2.03. The predicted octanol–water partition coefficient (Wildman–Crippen LogP) is 4.69. The Hall–Kier alpha value is -2.99. The number of para-hydroxylation sites is 1. The fourth-order valence-corrected chi connectivity index (χ4v) is 3.57. The smallest absolute Gasteiger partial charge is 0.275 e. The van der Waals surface area contributed by atoms with E-state index in [2.05, 4.69) is 33.1 Å². The van der Waals surface area contributed by atoms with Gasteiger partial charge in [-0.1, -0.05) is 18.2 Å². The Morgan fingerprint density at radius 1 is 1.16 bits per heavy atom. The predicted molar refractivity (Wildman–Crippen MR) is 98.4 cm³/mol. The fourth-order valence-electron chi connectivity index (χ4n) is 2.72. The van der Waals surface area contributed by atoms with Crippen LogP contribution in [0.1, 0.15) is 10.5 Å². The average Bonchev–Trinajstić information content (AvgIpc) is 3.22. The molecule has 0 fully saturated rings. The zero-order chi connectivity index (χ0) is 17.4. The van der Waals surface area contributed by atoms with Crippen molar-refractivity contribution in [3.05, 3.63) is 71.5 Å². The van der Waals surface area contributed by atoms with Crippen molar-refractivity contribution >= 4 is 33.8 Å². The summed E-state index contributed by atoms with van der Waals surface area (Å²) >= 11 is 1.42. The monoisotopic (exact) mass is 351 g/mol. The Morgan fingerprint density at radius 3 is 2.68 bits per heavy atom. The number of hydrogen-bond donors (Lipinski definition) is 1. The molecule has 0 unspecified atom stereocenters. The number of anilines is 1. The second kappa shape index (κ2) is 6.14. The summed E-state index contributed by atoms with van der Waals surface area (Å²) in [6.45, 7) is 0. The third-order valence-electron chi connectivity index (χ3n) is 4.01. The van der Waals surface area contributed by atoms with E-state index in [1.165, 1.54) is 35.6 Å². The van der Waals surface area contributed by atoms with Gasteiger partial charge in [0.2, 0.25) is 0 Å². The number of amides is 1. The van der Waals surface area contributed by atoms with Gasteiger partial charge in [-0.25, -0.2) is 9.37 Å². The van der Waals surface area contributed by atoms with Gasteiger partial charge in [0, 0.05) is 29.0 Å². The maximum absolute atomic E-state index is 12.9. The van der Waals surface area contributed by atoms with Crippen molar-refractivity contribution in [2.75, 3.05) is 5.32 Å². The first-order chi connectivity index (χ1) is 12.1. The number of aryl methyl sites for hydroxylation is 1. The van der Waals surface area contributed by atoms with Gasteiger partial charge < -0.3 is 9.88 Å². The Bertz CT molecular complexity index is 1070. The zero-order valence-electron chi connectivity index (χ0n) is 13.4. The summed E-state index contributed by atoms with van der Waals surface area (Å²) in [4.78, 5) is 16.8. The van der Waals surface area contributed by atoms with Crippen LogP contribution in [-0.4, -0.2) is 15.5 Å². The highest BCUT2D eigenvalue weighted by Crippen LogP contribution is 2.29. The Labute approximate surface area is 147 Å². The molecule has 0 radical (unpaired) electrons. The minimum Gasteiger partial charge on any atom is -0.342 e. The third-order valence-corrected chi connectivity index (χ3v) is 4.87. The molecule has 1 amide bonds. The molecule has 2 aromatic heterocycles. The molecule has 0 aliphatic heterocycles. The Balaban J connectivity index is 1.61. The molecule has 0 aliphatic carbocycles. The molecule has 2 heterocycles. The van der Waals surface area contributed by atoms with E-state index in [9.17, 15) is 9.18 Å². The van der Waals surface area contributed by atoms with E-state index >= 15 is 0 Å². The molecular weight excluding hydrogens is 337 g/mol. The molecule has 0 spiro atoms. The highest BCUT2D eigenvalue weighted by molar-refractivity contribution is 7.13. The summed E-state index contributed by atoms with van der Waals surface area (Å²) in [5.41, 5.74) is 2.96. The van der Waals surface area contributed by atoms with Crippen LogP contribution in [-0.2, 0) is 7.05 Å². The zero-order valence-corrected chi connectivity index (χ0v) is 14.2. The molecule has 4 aromatic rings. The summed E-state index contributed by atoms with van der Waals surface area (Å²) in [6.07, 6.45) is 0. The third kappa shape index (κ3) is 2.92. The Morgan fingerprint density at radius 2 is 1.92 bits per heavy atom. The maximum Gasteiger partial charge on any atom is 0.275 e. The van der Waals surface area contributed by atoms with E-state index in [1.54, 1.807) is 5.38 Å². The number of fused-ring (bicyclic) bond motifs is 1. The van der Waals surface area contributed by atoms with Crippen molar-refractivity contribution in [2.24, 2.45) is 7.05 Å². The highest BCUT2D eigenvalue weighted by atomic mass is 32.1. The molecule has 124 valence electrons. The molecule has 2 aromatic carbocycles. The summed E-state index contributed by atoms with van der Waals surface area (Å²) in [5, 5.41) is 6.36. The van der Waals surface area contributed by atoms with Gasteiger partial charge in [-0.2, -0.15) is 0 Å². The molecule has 4 nitrogen and oxygen atoms in total. The second-order valence-electron chi connectivity index (χ2n) is 5.65. The first-order valence-electron chi connectivity index (χ1n) is 7.69. The van der Waals surface area contributed by atoms with Crippen LogP contribution in [0.25, 0.3) is 21.6 Å². The molecule has 0 bridgehead atoms. The summed E-state index contributed by atoms with van der Waals surface area (Å²) < 4.78 is 15.0. The number of hydrogen-bond acceptors (Lipinski definition) is 3. The first kappa shape index (κ1) is 15.5. The van der Waals surface area contributed by atoms with Gasteiger partial charge in [-0.05, 0) is 36.4 Å². The van der Waals surface area contributed by atoms with Crippen LogP contribution < -0.4 is 5.32 Å². The number of halogens is 1. The quantitative estimate of drug-likeness (QED) is 0.582. The molecule has 0 saturated heterocycles. The number of nitrogens with zero attached hydrogens (tertiary/aromatic N) is 2. The summed E-state index contributed by atoms with van der Waals surface area (Å²) in [6, 6.07) is 15.8. The molecule has 0 saturated carbocycles. The molecule has 4 rings (SSSR count). The van der Waals surface area contributed by atoms with Crippen molar-refractivity contribution in [3.63, 3.8) is 0 Å². The molecule has 0 aliphatic rings. The molecule has 6 heteroatoms. The van der Waals surface area contributed by atoms with Gasteiger partial charge in [0.25, 0.3) is 5.91 Å². The van der Waals surface area contributed by atoms with Crippen LogP contribution >= 0.6 is 11.3 Å². The van der Waals surface area contributed by atoms with Crippen molar-refractivity contribution in [3.8, 4) is 10.7 Å². The van der Waals surface area contributed by atoms with E-state index in [0.717, 1.165) is 21.6 Å². The van der Waals surface area contributed by atoms with Crippen LogP contribution in [0.4, 0.5) is 10.1 Å². The summed E-state index contributed by atoms with van der Waals surface area (Å²) in [7, 11) is 1.98. The lowest BCUT2D eigenvalue weighted by molar-refractivity contribution is 0.102. The summed E-state index contributed by atoms with van der Waals surface area (Å²) in [5.74, 6) is -0.655. The lowest BCUT2D eigenvalue weighted by Crippen LogP contribution is -2.12. The average molecular weight is 351 g/mol. The van der Waals surface area contributed by atoms with Crippen LogP contribution in [0.15, 0.2) is 60.0 Å². The van der Waals surface area contributed by atoms with Crippen molar-refractivity contribution in [1.29, 1.82) is 0 Å². The molecule has 1 N–H and O–H groups in total. The second-order valence-corrected chi connectivity index (χ2v) is 6.50. The molecule has 25 heavy (non-hydrogen) atoms. The standard InChI is InChI=1S/C19H14FN3OS/c1-23-16-5-3-2-4-12(16)10-17(23)19-22-15(11-25-19)18(24)21-14-8-6-13(20)7-9-14/h2-11H,1H3,(H,21,24). The Kier molecular flexibility index (Phi) is 3.82. The normalized spacial score (nSPS) is 11.0. The number of carbonyl (C=O) groups excluding carboxylic acids is 1. The van der Waals surface area contributed by atoms with Gasteiger partial charge in [0.05, 0.1) is 5.69 Å². The molecular formula is C19H14FN3OS. The number of nitrogens with one attached hydrogen (secondary N) is 1. The number of thiazole rings is 1. The lowest BCUT2D eigenvalue weighted by atomic mass is 10.2. The minimum absolute atomic E-state index is 0.312. The van der Waals surface area contributed by atoms with Crippen LogP contribution in [0.2, 0.25) is 0 Å². The maximum atomic E-state index is 12.9. The van der Waals surface area contributed by atoms with E-state index in [0.29, 0.717) is 11.4 Å². The largest absolute Gasteiger partial charge is 0.342 e. The SMILES string of the molecule is Cn1c(-c2nc(C(=O)Nc3ccc(F)cc3)cs2)cc2ccccc21. The van der Waals surface area contributed by atoms with Gasteiger partial charge in [0.1, 0.15) is 16.5 Å². The van der Waals surface area contributed by atoms with Gasteiger partial charge in [-0.15, -0.1) is 11.3 Å². The van der Waals surface area contributed by atoms with Gasteiger partial charge in [0.15, 0.2) is 0 Å². The van der Waals surface area contributed by atoms with E-state index in [4.69, 9.17) is 0 Å². The van der Waals surface area contributed by atoms with E-state index in [1.807, 2.05) is 19.2 Å². The number of benzene rings is 2. The van der Waals surface area contributed by atoms with E-state index in [-0.39, 0.29) is 11.7 Å².